The number of nitrogens with zero attached hydrogens (tertiary/aromatic N) is 1. The van der Waals surface area contributed by atoms with Crippen LogP contribution >= 0.6 is 0 Å². The lowest BCUT2D eigenvalue weighted by Gasteiger charge is -2.33. The summed E-state index contributed by atoms with van der Waals surface area (Å²) in [5.41, 5.74) is 0. The van der Waals surface area contributed by atoms with E-state index >= 15 is 0 Å². The van der Waals surface area contributed by atoms with Gasteiger partial charge in [-0.3, -0.25) is 4.79 Å². The first-order chi connectivity index (χ1) is 9.29. The zero-order valence-electron chi connectivity index (χ0n) is 12.3. The number of carbonyl (C=O) groups excluding carboxylic acids is 1. The number of likely N-dealkylation sites (tertiary alicyclic amines) is 1. The summed E-state index contributed by atoms with van der Waals surface area (Å²) in [6.45, 7) is 7.69. The van der Waals surface area contributed by atoms with Crippen molar-refractivity contribution in [2.75, 3.05) is 32.7 Å². The fourth-order valence-corrected chi connectivity index (χ4v) is 3.08. The second kappa shape index (κ2) is 7.85. The van der Waals surface area contributed by atoms with Crippen molar-refractivity contribution in [2.45, 2.75) is 51.5 Å². The summed E-state index contributed by atoms with van der Waals surface area (Å²) in [4.78, 5) is 14.7. The molecule has 0 aromatic heterocycles. The Hall–Kier alpha value is -0.610. The van der Waals surface area contributed by atoms with Crippen LogP contribution in [-0.2, 0) is 4.79 Å². The van der Waals surface area contributed by atoms with Crippen LogP contribution in [0, 0.1) is 5.92 Å². The Labute approximate surface area is 117 Å². The van der Waals surface area contributed by atoms with Crippen LogP contribution in [0.15, 0.2) is 0 Å². The molecule has 2 rings (SSSR count). The van der Waals surface area contributed by atoms with E-state index in [-0.39, 0.29) is 11.8 Å². The summed E-state index contributed by atoms with van der Waals surface area (Å²) in [5, 5.41) is 6.57. The lowest BCUT2D eigenvalue weighted by Crippen LogP contribution is -2.48. The fraction of sp³-hybridized carbons (Fsp3) is 0.933. The van der Waals surface area contributed by atoms with Crippen molar-refractivity contribution in [3.63, 3.8) is 0 Å². The molecule has 19 heavy (non-hydrogen) atoms. The molecule has 2 aliphatic heterocycles. The van der Waals surface area contributed by atoms with Crippen molar-refractivity contribution in [1.29, 1.82) is 0 Å². The summed E-state index contributed by atoms with van der Waals surface area (Å²) >= 11 is 0. The molecule has 0 aromatic carbocycles. The second-order valence-corrected chi connectivity index (χ2v) is 6.02. The zero-order valence-corrected chi connectivity index (χ0v) is 12.3. The third-order valence-electron chi connectivity index (χ3n) is 4.43. The van der Waals surface area contributed by atoms with E-state index in [1.54, 1.807) is 0 Å². The molecule has 0 aliphatic carbocycles. The van der Waals surface area contributed by atoms with Gasteiger partial charge in [-0.15, -0.1) is 0 Å². The van der Waals surface area contributed by atoms with E-state index in [9.17, 15) is 4.79 Å². The maximum absolute atomic E-state index is 12.2. The largest absolute Gasteiger partial charge is 0.353 e. The Morgan fingerprint density at radius 2 is 2.11 bits per heavy atom. The van der Waals surface area contributed by atoms with Crippen LogP contribution in [0.3, 0.4) is 0 Å². The molecule has 0 saturated carbocycles. The lowest BCUT2D eigenvalue weighted by molar-refractivity contribution is -0.126. The number of nitrogens with one attached hydrogen (secondary N) is 2. The van der Waals surface area contributed by atoms with Gasteiger partial charge in [0.15, 0.2) is 0 Å². The standard InChI is InChI=1S/C15H29N3O/c1-2-3-9-18-10-6-14(7-11-18)17-15(19)13-5-4-8-16-12-13/h13-14,16H,2-12H2,1H3,(H,17,19)/t13-/m1/s1. The highest BCUT2D eigenvalue weighted by Crippen LogP contribution is 2.14. The van der Waals surface area contributed by atoms with E-state index in [0.717, 1.165) is 51.9 Å². The molecule has 1 amide bonds. The third kappa shape index (κ3) is 4.77. The van der Waals surface area contributed by atoms with E-state index < -0.39 is 0 Å². The van der Waals surface area contributed by atoms with Crippen LogP contribution in [0.25, 0.3) is 0 Å². The average Bonchev–Trinajstić information content (AvgIpc) is 2.47. The minimum Gasteiger partial charge on any atom is -0.353 e. The molecule has 0 radical (unpaired) electrons. The number of piperidine rings is 2. The molecule has 2 heterocycles. The quantitative estimate of drug-likeness (QED) is 0.791. The molecule has 2 N–H and O–H groups in total. The Bertz CT molecular complexity index is 269. The van der Waals surface area contributed by atoms with Crippen molar-refractivity contribution in [1.82, 2.24) is 15.5 Å². The first-order valence-electron chi connectivity index (χ1n) is 8.03. The van der Waals surface area contributed by atoms with Crippen molar-refractivity contribution < 1.29 is 4.79 Å². The molecule has 0 aromatic rings. The molecular formula is C15H29N3O. The number of hydrogen-bond donors (Lipinski definition) is 2. The summed E-state index contributed by atoms with van der Waals surface area (Å²) in [6.07, 6.45) is 6.99. The first kappa shape index (κ1) is 14.8. The maximum Gasteiger partial charge on any atom is 0.224 e. The van der Waals surface area contributed by atoms with Crippen LogP contribution in [-0.4, -0.2) is 49.6 Å². The topological polar surface area (TPSA) is 44.4 Å². The molecular weight excluding hydrogens is 238 g/mol. The van der Waals surface area contributed by atoms with Gasteiger partial charge in [-0.25, -0.2) is 0 Å². The summed E-state index contributed by atoms with van der Waals surface area (Å²) in [5.74, 6) is 0.478. The van der Waals surface area contributed by atoms with Crippen molar-refractivity contribution in [3.8, 4) is 0 Å². The fourth-order valence-electron chi connectivity index (χ4n) is 3.08. The normalized spacial score (nSPS) is 26.3. The van der Waals surface area contributed by atoms with Gasteiger partial charge >= 0.3 is 0 Å². The number of rotatable bonds is 5. The molecule has 0 spiro atoms. The van der Waals surface area contributed by atoms with Gasteiger partial charge < -0.3 is 15.5 Å². The molecule has 0 bridgehead atoms. The van der Waals surface area contributed by atoms with Crippen LogP contribution in [0.5, 0.6) is 0 Å². The van der Waals surface area contributed by atoms with Crippen LogP contribution in [0.1, 0.15) is 45.4 Å². The van der Waals surface area contributed by atoms with Gasteiger partial charge in [-0.1, -0.05) is 13.3 Å². The Balaban J connectivity index is 1.65. The lowest BCUT2D eigenvalue weighted by atomic mass is 9.97. The van der Waals surface area contributed by atoms with Gasteiger partial charge in [-0.05, 0) is 45.2 Å². The van der Waals surface area contributed by atoms with Crippen LogP contribution in [0.2, 0.25) is 0 Å². The second-order valence-electron chi connectivity index (χ2n) is 6.02. The molecule has 1 atom stereocenters. The highest BCUT2D eigenvalue weighted by molar-refractivity contribution is 5.79. The van der Waals surface area contributed by atoms with Gasteiger partial charge in [0.2, 0.25) is 5.91 Å². The SMILES string of the molecule is CCCCN1CCC(NC(=O)[C@@H]2CCCNC2)CC1. The predicted octanol–water partition coefficient (Wildman–Crippen LogP) is 1.37. The Kier molecular flexibility index (Phi) is 6.11. The van der Waals surface area contributed by atoms with E-state index in [0.29, 0.717) is 6.04 Å². The number of unbranched alkanes of at least 4 members (excludes halogenated alkanes) is 1. The van der Waals surface area contributed by atoms with Crippen molar-refractivity contribution in [3.05, 3.63) is 0 Å². The van der Waals surface area contributed by atoms with Gasteiger partial charge in [0.05, 0.1) is 5.92 Å². The molecule has 4 heteroatoms. The maximum atomic E-state index is 12.2. The Morgan fingerprint density at radius 3 is 2.74 bits per heavy atom. The average molecular weight is 267 g/mol. The van der Waals surface area contributed by atoms with E-state index in [1.165, 1.54) is 19.4 Å². The smallest absolute Gasteiger partial charge is 0.224 e. The van der Waals surface area contributed by atoms with Crippen LogP contribution < -0.4 is 10.6 Å². The molecule has 2 fully saturated rings. The molecule has 110 valence electrons. The minimum atomic E-state index is 0.201. The van der Waals surface area contributed by atoms with E-state index in [2.05, 4.69) is 22.5 Å². The van der Waals surface area contributed by atoms with Crippen molar-refractivity contribution >= 4 is 5.91 Å². The third-order valence-corrected chi connectivity index (χ3v) is 4.43. The number of carbonyl (C=O) groups is 1. The molecule has 4 nitrogen and oxygen atoms in total. The predicted molar refractivity (Wildman–Crippen MR) is 78.1 cm³/mol. The monoisotopic (exact) mass is 267 g/mol. The molecule has 2 aliphatic rings. The van der Waals surface area contributed by atoms with E-state index in [1.807, 2.05) is 0 Å². The summed E-state index contributed by atoms with van der Waals surface area (Å²) in [6, 6.07) is 0.410. The molecule has 2 saturated heterocycles. The number of amides is 1. The molecule has 0 unspecified atom stereocenters. The number of hydrogen-bond acceptors (Lipinski definition) is 3. The summed E-state index contributed by atoms with van der Waals surface area (Å²) in [7, 11) is 0. The van der Waals surface area contributed by atoms with Crippen LogP contribution in [0.4, 0.5) is 0 Å². The van der Waals surface area contributed by atoms with Crippen molar-refractivity contribution in [2.24, 2.45) is 5.92 Å². The van der Waals surface area contributed by atoms with Gasteiger partial charge in [0, 0.05) is 25.7 Å². The van der Waals surface area contributed by atoms with Gasteiger partial charge in [0.1, 0.15) is 0 Å². The van der Waals surface area contributed by atoms with Gasteiger partial charge in [-0.2, -0.15) is 0 Å². The zero-order chi connectivity index (χ0) is 13.5. The highest BCUT2D eigenvalue weighted by atomic mass is 16.2. The van der Waals surface area contributed by atoms with Gasteiger partial charge in [0.25, 0.3) is 0 Å². The first-order valence-corrected chi connectivity index (χ1v) is 8.03. The minimum absolute atomic E-state index is 0.201. The highest BCUT2D eigenvalue weighted by Gasteiger charge is 2.25. The van der Waals surface area contributed by atoms with E-state index in [4.69, 9.17) is 0 Å². The Morgan fingerprint density at radius 1 is 1.32 bits per heavy atom. The summed E-state index contributed by atoms with van der Waals surface area (Å²) < 4.78 is 0.